The first-order valence-electron chi connectivity index (χ1n) is 8.05. The Labute approximate surface area is 152 Å². The maximum atomic E-state index is 14.0. The molecule has 0 saturated heterocycles. The molecule has 4 rings (SSSR count). The summed E-state index contributed by atoms with van der Waals surface area (Å²) in [4.78, 5) is 27.5. The summed E-state index contributed by atoms with van der Waals surface area (Å²) in [5, 5.41) is 2.72. The monoisotopic (exact) mass is 365 g/mol. The number of aryl methyl sites for hydroxylation is 1. The van der Waals surface area contributed by atoms with Crippen LogP contribution in [0.1, 0.15) is 16.2 Å². The molecule has 0 unspecified atom stereocenters. The van der Waals surface area contributed by atoms with Crippen LogP contribution < -0.4 is 5.32 Å². The zero-order chi connectivity index (χ0) is 19.0. The predicted molar refractivity (Wildman–Crippen MR) is 96.2 cm³/mol. The number of halogens is 2. The number of H-pyrrole nitrogens is 1. The molecule has 2 aromatic heterocycles. The quantitative estimate of drug-likeness (QED) is 0.577. The summed E-state index contributed by atoms with van der Waals surface area (Å²) in [6.07, 6.45) is 2.90. The van der Waals surface area contributed by atoms with Crippen molar-refractivity contribution in [2.75, 3.05) is 5.32 Å². The molecule has 0 aliphatic heterocycles. The fraction of sp³-hybridized carbons (Fsp3) is 0.0526. The number of nitrogens with one attached hydrogen (secondary N) is 2. The van der Waals surface area contributed by atoms with Crippen molar-refractivity contribution in [3.05, 3.63) is 71.8 Å². The van der Waals surface area contributed by atoms with Crippen molar-refractivity contribution in [1.82, 2.24) is 19.9 Å². The summed E-state index contributed by atoms with van der Waals surface area (Å²) in [6, 6.07) is 8.15. The lowest BCUT2D eigenvalue weighted by Gasteiger charge is -2.04. The van der Waals surface area contributed by atoms with Gasteiger partial charge >= 0.3 is 0 Å². The number of imidazole rings is 1. The van der Waals surface area contributed by atoms with Gasteiger partial charge in [0.05, 0.1) is 28.5 Å². The number of fused-ring (bicyclic) bond motifs is 1. The summed E-state index contributed by atoms with van der Waals surface area (Å²) in [7, 11) is 0. The Balaban J connectivity index is 1.64. The van der Waals surface area contributed by atoms with E-state index in [9.17, 15) is 13.6 Å². The SMILES string of the molecule is Cc1cnc(C(=O)Nc2ccc3nc(-c4cc(F)ccc4F)[nH]c3c2)cn1. The van der Waals surface area contributed by atoms with Crippen molar-refractivity contribution in [3.8, 4) is 11.4 Å². The van der Waals surface area contributed by atoms with Crippen molar-refractivity contribution in [1.29, 1.82) is 0 Å². The smallest absolute Gasteiger partial charge is 0.275 e. The molecule has 0 radical (unpaired) electrons. The molecule has 4 aromatic rings. The van der Waals surface area contributed by atoms with Crippen LogP contribution in [0.5, 0.6) is 0 Å². The number of benzene rings is 2. The molecule has 27 heavy (non-hydrogen) atoms. The Kier molecular flexibility index (Phi) is 4.08. The average Bonchev–Trinajstić information content (AvgIpc) is 3.07. The van der Waals surface area contributed by atoms with E-state index in [4.69, 9.17) is 0 Å². The van der Waals surface area contributed by atoms with Gasteiger partial charge in [-0.3, -0.25) is 9.78 Å². The molecule has 134 valence electrons. The van der Waals surface area contributed by atoms with Gasteiger partial charge in [-0.2, -0.15) is 0 Å². The molecule has 2 aromatic carbocycles. The molecule has 0 atom stereocenters. The van der Waals surface area contributed by atoms with Crippen LogP contribution in [0.4, 0.5) is 14.5 Å². The molecule has 8 heteroatoms. The van der Waals surface area contributed by atoms with Gasteiger partial charge in [0.15, 0.2) is 0 Å². The Morgan fingerprint density at radius 3 is 2.70 bits per heavy atom. The highest BCUT2D eigenvalue weighted by Crippen LogP contribution is 2.25. The first-order valence-corrected chi connectivity index (χ1v) is 8.05. The Hall–Kier alpha value is -3.68. The van der Waals surface area contributed by atoms with Gasteiger partial charge in [0.1, 0.15) is 23.2 Å². The van der Waals surface area contributed by atoms with E-state index in [1.54, 1.807) is 25.1 Å². The van der Waals surface area contributed by atoms with Gasteiger partial charge in [0, 0.05) is 11.9 Å². The van der Waals surface area contributed by atoms with Crippen molar-refractivity contribution < 1.29 is 13.6 Å². The Bertz CT molecular complexity index is 1150. The summed E-state index contributed by atoms with van der Waals surface area (Å²) < 4.78 is 27.4. The maximum Gasteiger partial charge on any atom is 0.275 e. The fourth-order valence-electron chi connectivity index (χ4n) is 2.60. The van der Waals surface area contributed by atoms with Crippen molar-refractivity contribution >= 4 is 22.6 Å². The molecule has 0 aliphatic carbocycles. The fourth-order valence-corrected chi connectivity index (χ4v) is 2.60. The number of carbonyl (C=O) groups is 1. The van der Waals surface area contributed by atoms with E-state index < -0.39 is 17.5 Å². The third-order valence-electron chi connectivity index (χ3n) is 3.94. The molecule has 0 aliphatic rings. The van der Waals surface area contributed by atoms with Gasteiger partial charge in [0.25, 0.3) is 5.91 Å². The van der Waals surface area contributed by atoms with Crippen LogP contribution in [-0.2, 0) is 0 Å². The molecule has 2 heterocycles. The lowest BCUT2D eigenvalue weighted by atomic mass is 10.2. The third-order valence-corrected chi connectivity index (χ3v) is 3.94. The van der Waals surface area contributed by atoms with Gasteiger partial charge in [-0.05, 0) is 43.3 Å². The molecular formula is C19H13F2N5O. The minimum atomic E-state index is -0.582. The molecule has 2 N–H and O–H groups in total. The second kappa shape index (κ2) is 6.56. The van der Waals surface area contributed by atoms with Crippen molar-refractivity contribution in [3.63, 3.8) is 0 Å². The van der Waals surface area contributed by atoms with E-state index in [1.807, 2.05) is 0 Å². The van der Waals surface area contributed by atoms with Gasteiger partial charge in [-0.1, -0.05) is 0 Å². The number of hydrogen-bond donors (Lipinski definition) is 2. The van der Waals surface area contributed by atoms with E-state index in [0.29, 0.717) is 22.4 Å². The number of aromatic nitrogens is 4. The van der Waals surface area contributed by atoms with Crippen molar-refractivity contribution in [2.24, 2.45) is 0 Å². The Morgan fingerprint density at radius 1 is 1.07 bits per heavy atom. The summed E-state index contributed by atoms with van der Waals surface area (Å²) in [6.45, 7) is 1.78. The van der Waals surface area contributed by atoms with Gasteiger partial charge in [-0.25, -0.2) is 18.7 Å². The average molecular weight is 365 g/mol. The topological polar surface area (TPSA) is 83.6 Å². The van der Waals surface area contributed by atoms with E-state index >= 15 is 0 Å². The molecule has 6 nitrogen and oxygen atoms in total. The first-order chi connectivity index (χ1) is 13.0. The minimum Gasteiger partial charge on any atom is -0.338 e. The number of hydrogen-bond acceptors (Lipinski definition) is 4. The van der Waals surface area contributed by atoms with Crippen molar-refractivity contribution in [2.45, 2.75) is 6.92 Å². The normalized spacial score (nSPS) is 10.9. The number of anilines is 1. The van der Waals surface area contributed by atoms with E-state index in [2.05, 4.69) is 25.3 Å². The summed E-state index contributed by atoms with van der Waals surface area (Å²) in [5.74, 6) is -1.34. The van der Waals surface area contributed by atoms with E-state index in [0.717, 1.165) is 18.2 Å². The lowest BCUT2D eigenvalue weighted by Crippen LogP contribution is -2.14. The highest BCUT2D eigenvalue weighted by molar-refractivity contribution is 6.03. The van der Waals surface area contributed by atoms with Gasteiger partial charge in [-0.15, -0.1) is 0 Å². The largest absolute Gasteiger partial charge is 0.338 e. The highest BCUT2D eigenvalue weighted by Gasteiger charge is 2.13. The van der Waals surface area contributed by atoms with E-state index in [-0.39, 0.29) is 17.1 Å². The molecule has 1 amide bonds. The van der Waals surface area contributed by atoms with Crippen LogP contribution in [0.25, 0.3) is 22.4 Å². The van der Waals surface area contributed by atoms with Crippen LogP contribution in [0, 0.1) is 18.6 Å². The van der Waals surface area contributed by atoms with Gasteiger partial charge in [0.2, 0.25) is 0 Å². The number of rotatable bonds is 3. The van der Waals surface area contributed by atoms with E-state index in [1.165, 1.54) is 12.4 Å². The summed E-state index contributed by atoms with van der Waals surface area (Å²) >= 11 is 0. The second-order valence-electron chi connectivity index (χ2n) is 5.94. The maximum absolute atomic E-state index is 14.0. The standard InChI is InChI=1S/C19H13F2N5O/c1-10-8-23-17(9-22-10)19(27)24-12-3-5-15-16(7-12)26-18(25-15)13-6-11(20)2-4-14(13)21/h2-9H,1H3,(H,24,27)(H,25,26). The van der Waals surface area contributed by atoms with Gasteiger partial charge < -0.3 is 10.3 Å². The third kappa shape index (κ3) is 3.37. The minimum absolute atomic E-state index is 0.0340. The second-order valence-corrected chi connectivity index (χ2v) is 5.94. The number of carbonyl (C=O) groups excluding carboxylic acids is 1. The number of nitrogens with zero attached hydrogens (tertiary/aromatic N) is 3. The number of amides is 1. The molecule has 0 bridgehead atoms. The van der Waals surface area contributed by atoms with Crippen LogP contribution in [0.3, 0.4) is 0 Å². The van der Waals surface area contributed by atoms with Crippen LogP contribution in [-0.4, -0.2) is 25.8 Å². The predicted octanol–water partition coefficient (Wildman–Crippen LogP) is 3.86. The zero-order valence-corrected chi connectivity index (χ0v) is 14.1. The Morgan fingerprint density at radius 2 is 1.93 bits per heavy atom. The highest BCUT2D eigenvalue weighted by atomic mass is 19.1. The summed E-state index contributed by atoms with van der Waals surface area (Å²) in [5.41, 5.74) is 2.56. The van der Waals surface area contributed by atoms with Crippen LogP contribution in [0.15, 0.2) is 48.8 Å². The van der Waals surface area contributed by atoms with Crippen LogP contribution in [0.2, 0.25) is 0 Å². The molecule has 0 saturated carbocycles. The zero-order valence-electron chi connectivity index (χ0n) is 14.1. The number of aromatic amines is 1. The first kappa shape index (κ1) is 16.8. The molecular weight excluding hydrogens is 352 g/mol. The molecule has 0 spiro atoms. The molecule has 0 fully saturated rings. The lowest BCUT2D eigenvalue weighted by molar-refractivity contribution is 0.102. The van der Waals surface area contributed by atoms with Crippen LogP contribution >= 0.6 is 0 Å².